The fraction of sp³-hybridized carbons (Fsp3) is 0.733. The molecular formula is C15H29N. The molecule has 1 nitrogen and oxygen atoms in total. The normalized spacial score (nSPS) is 13.3. The lowest BCUT2D eigenvalue weighted by Gasteiger charge is -2.32. The SMILES string of the molecule is C=C(C)CCCNC(=C)[C@H](C)C(C)(C)CC. The Morgan fingerprint density at radius 2 is 1.88 bits per heavy atom. The molecule has 0 aliphatic heterocycles. The minimum atomic E-state index is 0.332. The van der Waals surface area contributed by atoms with Crippen LogP contribution < -0.4 is 5.32 Å². The van der Waals surface area contributed by atoms with Crippen molar-refractivity contribution in [3.8, 4) is 0 Å². The van der Waals surface area contributed by atoms with E-state index < -0.39 is 0 Å². The van der Waals surface area contributed by atoms with Crippen molar-refractivity contribution in [2.24, 2.45) is 11.3 Å². The molecule has 0 fully saturated rings. The highest BCUT2D eigenvalue weighted by Gasteiger charge is 2.25. The molecule has 0 aromatic carbocycles. The van der Waals surface area contributed by atoms with Gasteiger partial charge in [-0.25, -0.2) is 0 Å². The van der Waals surface area contributed by atoms with E-state index in [0.29, 0.717) is 11.3 Å². The molecule has 0 aliphatic carbocycles. The average molecular weight is 223 g/mol. The summed E-state index contributed by atoms with van der Waals surface area (Å²) in [6.07, 6.45) is 3.43. The van der Waals surface area contributed by atoms with Crippen molar-refractivity contribution < 1.29 is 0 Å². The van der Waals surface area contributed by atoms with Gasteiger partial charge in [0, 0.05) is 18.2 Å². The molecule has 0 saturated carbocycles. The Hall–Kier alpha value is -0.720. The van der Waals surface area contributed by atoms with E-state index in [1.807, 2.05) is 0 Å². The molecule has 1 N–H and O–H groups in total. The molecule has 0 amide bonds. The Morgan fingerprint density at radius 3 is 2.31 bits per heavy atom. The largest absolute Gasteiger partial charge is 0.389 e. The molecule has 1 heteroatoms. The summed E-state index contributed by atoms with van der Waals surface area (Å²) in [5.41, 5.74) is 2.77. The third kappa shape index (κ3) is 5.39. The Kier molecular flexibility index (Phi) is 6.47. The van der Waals surface area contributed by atoms with E-state index in [1.54, 1.807) is 0 Å². The van der Waals surface area contributed by atoms with Crippen LogP contribution in [-0.2, 0) is 0 Å². The zero-order valence-electron chi connectivity index (χ0n) is 11.8. The highest BCUT2D eigenvalue weighted by molar-refractivity contribution is 5.01. The summed E-state index contributed by atoms with van der Waals surface area (Å²) in [4.78, 5) is 0. The van der Waals surface area contributed by atoms with Gasteiger partial charge in [0.15, 0.2) is 0 Å². The lowest BCUT2D eigenvalue weighted by Crippen LogP contribution is -2.29. The molecule has 1 atom stereocenters. The van der Waals surface area contributed by atoms with Crippen LogP contribution in [0.1, 0.15) is 53.9 Å². The Bertz CT molecular complexity index is 238. The second-order valence-electron chi connectivity index (χ2n) is 5.58. The fourth-order valence-corrected chi connectivity index (χ4v) is 1.57. The number of allylic oxidation sites excluding steroid dienone is 2. The van der Waals surface area contributed by atoms with Gasteiger partial charge in [0.1, 0.15) is 0 Å². The summed E-state index contributed by atoms with van der Waals surface area (Å²) < 4.78 is 0. The second kappa shape index (κ2) is 6.78. The van der Waals surface area contributed by atoms with Gasteiger partial charge in [-0.2, -0.15) is 0 Å². The lowest BCUT2D eigenvalue weighted by molar-refractivity contribution is 0.246. The molecule has 0 bridgehead atoms. The Labute approximate surface area is 102 Å². The van der Waals surface area contributed by atoms with Crippen LogP contribution in [0.3, 0.4) is 0 Å². The van der Waals surface area contributed by atoms with Crippen molar-refractivity contribution in [3.63, 3.8) is 0 Å². The van der Waals surface area contributed by atoms with E-state index in [0.717, 1.165) is 19.4 Å². The second-order valence-corrected chi connectivity index (χ2v) is 5.58. The molecule has 0 aromatic rings. The summed E-state index contributed by atoms with van der Waals surface area (Å²) in [5, 5.41) is 3.44. The maximum absolute atomic E-state index is 4.15. The monoisotopic (exact) mass is 223 g/mol. The van der Waals surface area contributed by atoms with Crippen molar-refractivity contribution in [3.05, 3.63) is 24.4 Å². The molecule has 16 heavy (non-hydrogen) atoms. The summed E-state index contributed by atoms with van der Waals surface area (Å²) in [5.74, 6) is 0.516. The number of hydrogen-bond acceptors (Lipinski definition) is 1. The van der Waals surface area contributed by atoms with Gasteiger partial charge in [0.05, 0.1) is 0 Å². The zero-order valence-corrected chi connectivity index (χ0v) is 11.8. The minimum Gasteiger partial charge on any atom is -0.389 e. The first kappa shape index (κ1) is 15.3. The summed E-state index contributed by atoms with van der Waals surface area (Å²) in [6.45, 7) is 20.3. The van der Waals surface area contributed by atoms with Gasteiger partial charge in [0.25, 0.3) is 0 Å². The van der Waals surface area contributed by atoms with Crippen LogP contribution >= 0.6 is 0 Å². The molecule has 94 valence electrons. The fourth-order valence-electron chi connectivity index (χ4n) is 1.57. The lowest BCUT2D eigenvalue weighted by atomic mass is 9.76. The van der Waals surface area contributed by atoms with Crippen LogP contribution in [0.2, 0.25) is 0 Å². The first-order valence-electron chi connectivity index (χ1n) is 6.38. The van der Waals surface area contributed by atoms with Crippen molar-refractivity contribution in [1.29, 1.82) is 0 Å². The predicted molar refractivity (Wildman–Crippen MR) is 74.4 cm³/mol. The van der Waals surface area contributed by atoms with Gasteiger partial charge in [-0.3, -0.25) is 0 Å². The topological polar surface area (TPSA) is 12.0 Å². The van der Waals surface area contributed by atoms with Gasteiger partial charge in [-0.05, 0) is 25.2 Å². The van der Waals surface area contributed by atoms with Crippen LogP contribution in [0.15, 0.2) is 24.4 Å². The van der Waals surface area contributed by atoms with E-state index in [2.05, 4.69) is 53.1 Å². The van der Waals surface area contributed by atoms with Crippen molar-refractivity contribution in [2.45, 2.75) is 53.9 Å². The Morgan fingerprint density at radius 1 is 1.31 bits per heavy atom. The van der Waals surface area contributed by atoms with Gasteiger partial charge >= 0.3 is 0 Å². The summed E-state index contributed by atoms with van der Waals surface area (Å²) >= 11 is 0. The average Bonchev–Trinajstić information content (AvgIpc) is 2.22. The predicted octanol–water partition coefficient (Wildman–Crippen LogP) is 4.52. The van der Waals surface area contributed by atoms with Crippen LogP contribution in [0.25, 0.3) is 0 Å². The van der Waals surface area contributed by atoms with Gasteiger partial charge in [0.2, 0.25) is 0 Å². The minimum absolute atomic E-state index is 0.332. The van der Waals surface area contributed by atoms with E-state index >= 15 is 0 Å². The van der Waals surface area contributed by atoms with Crippen molar-refractivity contribution >= 4 is 0 Å². The molecule has 0 unspecified atom stereocenters. The molecule has 0 spiro atoms. The molecule has 0 heterocycles. The third-order valence-electron chi connectivity index (χ3n) is 3.74. The number of hydrogen-bond donors (Lipinski definition) is 1. The third-order valence-corrected chi connectivity index (χ3v) is 3.74. The molecule has 0 aromatic heterocycles. The maximum Gasteiger partial charge on any atom is 0.0146 e. The van der Waals surface area contributed by atoms with E-state index in [1.165, 1.54) is 17.7 Å². The summed E-state index contributed by atoms with van der Waals surface area (Å²) in [7, 11) is 0. The van der Waals surface area contributed by atoms with Gasteiger partial charge < -0.3 is 5.32 Å². The standard InChI is InChI=1S/C15H29N/c1-8-15(6,7)13(4)14(5)16-11-9-10-12(2)3/h13,16H,2,5,8-11H2,1,3-4,6-7H3/t13-/m0/s1. The first-order valence-corrected chi connectivity index (χ1v) is 6.38. The van der Waals surface area contributed by atoms with Crippen LogP contribution in [0, 0.1) is 11.3 Å². The van der Waals surface area contributed by atoms with Crippen LogP contribution in [0.4, 0.5) is 0 Å². The number of nitrogens with one attached hydrogen (secondary N) is 1. The quantitative estimate of drug-likeness (QED) is 0.471. The van der Waals surface area contributed by atoms with E-state index in [-0.39, 0.29) is 0 Å². The first-order chi connectivity index (χ1) is 7.31. The smallest absolute Gasteiger partial charge is 0.0146 e. The number of rotatable bonds is 8. The highest BCUT2D eigenvalue weighted by Crippen LogP contribution is 2.33. The molecule has 0 radical (unpaired) electrons. The van der Waals surface area contributed by atoms with Crippen molar-refractivity contribution in [1.82, 2.24) is 5.32 Å². The van der Waals surface area contributed by atoms with E-state index in [4.69, 9.17) is 0 Å². The van der Waals surface area contributed by atoms with Gasteiger partial charge in [-0.1, -0.05) is 46.3 Å². The maximum atomic E-state index is 4.15. The van der Waals surface area contributed by atoms with Crippen LogP contribution in [-0.4, -0.2) is 6.54 Å². The highest BCUT2D eigenvalue weighted by atomic mass is 14.9. The van der Waals surface area contributed by atoms with Gasteiger partial charge in [-0.15, -0.1) is 6.58 Å². The molecular weight excluding hydrogens is 194 g/mol. The van der Waals surface area contributed by atoms with Crippen LogP contribution in [0.5, 0.6) is 0 Å². The summed E-state index contributed by atoms with van der Waals surface area (Å²) in [6, 6.07) is 0. The molecule has 0 saturated heterocycles. The van der Waals surface area contributed by atoms with E-state index in [9.17, 15) is 0 Å². The van der Waals surface area contributed by atoms with Crippen molar-refractivity contribution in [2.75, 3.05) is 6.54 Å². The molecule has 0 aliphatic rings. The Balaban J connectivity index is 3.93. The zero-order chi connectivity index (χ0) is 12.8. The molecule has 0 rings (SSSR count).